The lowest BCUT2D eigenvalue weighted by Gasteiger charge is -2.06. The topological polar surface area (TPSA) is 39.2 Å². The van der Waals surface area contributed by atoms with Crippen LogP contribution in [0.15, 0.2) is 54.2 Å². The largest absolute Gasteiger partial charge is 0.422 e. The van der Waals surface area contributed by atoms with Gasteiger partial charge in [0.05, 0.1) is 11.3 Å². The van der Waals surface area contributed by atoms with E-state index in [0.717, 1.165) is 16.8 Å². The third-order valence-corrected chi connectivity index (χ3v) is 3.36. The predicted octanol–water partition coefficient (Wildman–Crippen LogP) is 3.68. The van der Waals surface area contributed by atoms with Crippen molar-refractivity contribution in [2.75, 3.05) is 0 Å². The molecule has 1 aliphatic heterocycles. The first-order valence-electron chi connectivity index (χ1n) is 6.78. The highest BCUT2D eigenvalue weighted by Crippen LogP contribution is 2.29. The zero-order chi connectivity index (χ0) is 14.8. The van der Waals surface area contributed by atoms with Crippen molar-refractivity contribution < 1.29 is 9.53 Å². The molecule has 0 unspecified atom stereocenters. The van der Waals surface area contributed by atoms with Crippen molar-refractivity contribution in [3.05, 3.63) is 76.6 Å². The van der Waals surface area contributed by atoms with Gasteiger partial charge in [0.25, 0.3) is 0 Å². The number of ether oxygens (including phenoxy) is 1. The molecule has 0 N–H and O–H groups in total. The molecular weight excluding hydrogens is 262 g/mol. The third-order valence-electron chi connectivity index (χ3n) is 3.36. The molecule has 3 heteroatoms. The highest BCUT2D eigenvalue weighted by atomic mass is 16.5. The lowest BCUT2D eigenvalue weighted by atomic mass is 10.0. The van der Waals surface area contributed by atoms with E-state index in [1.54, 1.807) is 18.3 Å². The summed E-state index contributed by atoms with van der Waals surface area (Å²) in [5, 5.41) is 0. The van der Waals surface area contributed by atoms with Gasteiger partial charge in [0.1, 0.15) is 5.76 Å². The number of hydrogen-bond acceptors (Lipinski definition) is 3. The Morgan fingerprint density at radius 1 is 1.14 bits per heavy atom. The van der Waals surface area contributed by atoms with Crippen molar-refractivity contribution in [2.24, 2.45) is 0 Å². The summed E-state index contributed by atoms with van der Waals surface area (Å²) in [6.07, 6.45) is 5.20. The summed E-state index contributed by atoms with van der Waals surface area (Å²) in [5.41, 5.74) is 4.48. The van der Waals surface area contributed by atoms with Crippen LogP contribution < -0.4 is 0 Å². The molecule has 0 radical (unpaired) electrons. The fraction of sp³-hybridized carbons (Fsp3) is 0.111. The Morgan fingerprint density at radius 3 is 2.71 bits per heavy atom. The first-order valence-corrected chi connectivity index (χ1v) is 6.78. The standard InChI is InChI=1S/C18H15NO2/c1-12-6-7-16(13(2)9-12)17-11-14(18(20)21-17)10-15-5-3-4-8-19-15/h3-11H,1-2H3/b14-10-. The fourth-order valence-electron chi connectivity index (χ4n) is 2.33. The molecule has 1 aliphatic rings. The van der Waals surface area contributed by atoms with Crippen molar-refractivity contribution in [1.29, 1.82) is 0 Å². The number of nitrogens with zero attached hydrogens (tertiary/aromatic N) is 1. The molecule has 2 heterocycles. The van der Waals surface area contributed by atoms with Gasteiger partial charge in [-0.3, -0.25) is 4.98 Å². The maximum Gasteiger partial charge on any atom is 0.343 e. The molecule has 0 spiro atoms. The number of carbonyl (C=O) groups excluding carboxylic acids is 1. The molecule has 0 amide bonds. The Morgan fingerprint density at radius 2 is 2.00 bits per heavy atom. The average molecular weight is 277 g/mol. The number of esters is 1. The normalized spacial score (nSPS) is 16.0. The number of pyridine rings is 1. The Bertz CT molecular complexity index is 758. The number of cyclic esters (lactones) is 1. The average Bonchev–Trinajstić information content (AvgIpc) is 2.81. The van der Waals surface area contributed by atoms with Crippen molar-refractivity contribution in [3.63, 3.8) is 0 Å². The van der Waals surface area contributed by atoms with Gasteiger partial charge < -0.3 is 4.74 Å². The first-order chi connectivity index (χ1) is 10.1. The zero-order valence-corrected chi connectivity index (χ0v) is 12.0. The second-order valence-corrected chi connectivity index (χ2v) is 5.07. The Labute approximate surface area is 123 Å². The number of benzene rings is 1. The molecule has 21 heavy (non-hydrogen) atoms. The van der Waals surface area contributed by atoms with E-state index in [2.05, 4.69) is 11.1 Å². The first kappa shape index (κ1) is 13.3. The molecule has 0 bridgehead atoms. The molecule has 0 aliphatic carbocycles. The van der Waals surface area contributed by atoms with Crippen molar-refractivity contribution in [2.45, 2.75) is 13.8 Å². The Hall–Kier alpha value is -2.68. The van der Waals surface area contributed by atoms with Gasteiger partial charge in [-0.2, -0.15) is 0 Å². The molecular formula is C18H15NO2. The second-order valence-electron chi connectivity index (χ2n) is 5.07. The maximum absolute atomic E-state index is 12.0. The summed E-state index contributed by atoms with van der Waals surface area (Å²) in [4.78, 5) is 16.2. The third kappa shape index (κ3) is 2.77. The van der Waals surface area contributed by atoms with E-state index in [4.69, 9.17) is 4.74 Å². The predicted molar refractivity (Wildman–Crippen MR) is 82.2 cm³/mol. The van der Waals surface area contributed by atoms with Gasteiger partial charge in [-0.1, -0.05) is 29.8 Å². The highest BCUT2D eigenvalue weighted by molar-refractivity contribution is 6.05. The molecule has 0 saturated heterocycles. The van der Waals surface area contributed by atoms with Crippen LogP contribution in [0, 0.1) is 13.8 Å². The molecule has 3 rings (SSSR count). The summed E-state index contributed by atoms with van der Waals surface area (Å²) >= 11 is 0. The van der Waals surface area contributed by atoms with Crippen LogP contribution in [0.3, 0.4) is 0 Å². The molecule has 0 saturated carbocycles. The van der Waals surface area contributed by atoms with Crippen LogP contribution in [0.25, 0.3) is 11.8 Å². The van der Waals surface area contributed by atoms with E-state index in [0.29, 0.717) is 11.3 Å². The lowest BCUT2D eigenvalue weighted by molar-refractivity contribution is -0.130. The van der Waals surface area contributed by atoms with Gasteiger partial charge in [0.15, 0.2) is 0 Å². The molecule has 2 aromatic rings. The van der Waals surface area contributed by atoms with Crippen molar-refractivity contribution >= 4 is 17.8 Å². The Kier molecular flexibility index (Phi) is 3.40. The minimum absolute atomic E-state index is 0.337. The number of carbonyl (C=O) groups is 1. The summed E-state index contributed by atoms with van der Waals surface area (Å²) in [6, 6.07) is 11.6. The van der Waals surface area contributed by atoms with Gasteiger partial charge in [-0.25, -0.2) is 4.79 Å². The fourth-order valence-corrected chi connectivity index (χ4v) is 2.33. The van der Waals surface area contributed by atoms with Gasteiger partial charge in [0.2, 0.25) is 0 Å². The van der Waals surface area contributed by atoms with E-state index >= 15 is 0 Å². The van der Waals surface area contributed by atoms with E-state index in [-0.39, 0.29) is 5.97 Å². The van der Waals surface area contributed by atoms with Crippen LogP contribution in [0.1, 0.15) is 22.4 Å². The quantitative estimate of drug-likeness (QED) is 0.621. The van der Waals surface area contributed by atoms with E-state index in [1.807, 2.05) is 44.2 Å². The smallest absolute Gasteiger partial charge is 0.343 e. The molecule has 0 atom stereocenters. The van der Waals surface area contributed by atoms with Crippen LogP contribution in [-0.2, 0) is 9.53 Å². The Balaban J connectivity index is 1.97. The monoisotopic (exact) mass is 277 g/mol. The van der Waals surface area contributed by atoms with E-state index < -0.39 is 0 Å². The number of rotatable bonds is 2. The van der Waals surface area contributed by atoms with Gasteiger partial charge in [0, 0.05) is 11.8 Å². The van der Waals surface area contributed by atoms with E-state index in [9.17, 15) is 4.79 Å². The minimum atomic E-state index is -0.337. The second kappa shape index (κ2) is 5.37. The van der Waals surface area contributed by atoms with Crippen LogP contribution in [0.2, 0.25) is 0 Å². The van der Waals surface area contributed by atoms with Crippen LogP contribution >= 0.6 is 0 Å². The number of aromatic nitrogens is 1. The summed E-state index contributed by atoms with van der Waals surface area (Å²) in [7, 11) is 0. The molecule has 1 aromatic carbocycles. The maximum atomic E-state index is 12.0. The SMILES string of the molecule is Cc1ccc(C2=C/C(=C/c3ccccn3)C(=O)O2)c(C)c1. The van der Waals surface area contributed by atoms with E-state index in [1.165, 1.54) is 5.56 Å². The van der Waals surface area contributed by atoms with Crippen LogP contribution in [0.4, 0.5) is 0 Å². The van der Waals surface area contributed by atoms with Crippen LogP contribution in [-0.4, -0.2) is 11.0 Å². The zero-order valence-electron chi connectivity index (χ0n) is 12.0. The van der Waals surface area contributed by atoms with Crippen LogP contribution in [0.5, 0.6) is 0 Å². The molecule has 1 aromatic heterocycles. The van der Waals surface area contributed by atoms with Gasteiger partial charge in [-0.05, 0) is 43.7 Å². The molecule has 3 nitrogen and oxygen atoms in total. The number of aryl methyl sites for hydroxylation is 2. The van der Waals surface area contributed by atoms with Gasteiger partial charge >= 0.3 is 5.97 Å². The van der Waals surface area contributed by atoms with Gasteiger partial charge in [-0.15, -0.1) is 0 Å². The molecule has 0 fully saturated rings. The molecule has 104 valence electrons. The van der Waals surface area contributed by atoms with Crippen molar-refractivity contribution in [1.82, 2.24) is 4.98 Å². The summed E-state index contributed by atoms with van der Waals surface area (Å²) < 4.78 is 5.38. The van der Waals surface area contributed by atoms with Crippen molar-refractivity contribution in [3.8, 4) is 0 Å². The summed E-state index contributed by atoms with van der Waals surface area (Å²) in [6.45, 7) is 4.05. The highest BCUT2D eigenvalue weighted by Gasteiger charge is 2.23. The lowest BCUT2D eigenvalue weighted by Crippen LogP contribution is -1.98. The number of hydrogen-bond donors (Lipinski definition) is 0. The summed E-state index contributed by atoms with van der Waals surface area (Å²) in [5.74, 6) is 0.260. The minimum Gasteiger partial charge on any atom is -0.422 e.